The Balaban J connectivity index is 2.07. The minimum atomic E-state index is -4.36. The van der Waals surface area contributed by atoms with E-state index in [0.717, 1.165) is 0 Å². The van der Waals surface area contributed by atoms with E-state index < -0.39 is 16.8 Å². The van der Waals surface area contributed by atoms with Gasteiger partial charge in [-0.15, -0.1) is 11.6 Å². The Labute approximate surface area is 139 Å². The first-order valence-corrected chi connectivity index (χ1v) is 7.61. The zero-order chi connectivity index (χ0) is 17.0. The Morgan fingerprint density at radius 1 is 1.26 bits per heavy atom. The first-order chi connectivity index (χ1) is 10.7. The highest BCUT2D eigenvalue weighted by atomic mass is 35.5. The molecule has 2 N–H and O–H groups in total. The van der Waals surface area contributed by atoms with Gasteiger partial charge < -0.3 is 10.4 Å². The minimum Gasteiger partial charge on any atom is -0.507 e. The number of amides is 1. The highest BCUT2D eigenvalue weighted by Crippen LogP contribution is 2.37. The molecule has 3 nitrogen and oxygen atoms in total. The van der Waals surface area contributed by atoms with Crippen LogP contribution in [0.15, 0.2) is 64.8 Å². The van der Waals surface area contributed by atoms with Crippen molar-refractivity contribution in [1.82, 2.24) is 0 Å². The van der Waals surface area contributed by atoms with Crippen LogP contribution in [0, 0.1) is 0 Å². The quantitative estimate of drug-likeness (QED) is 0.601. The summed E-state index contributed by atoms with van der Waals surface area (Å²) in [6.07, 6.45) is 5.83. The van der Waals surface area contributed by atoms with Gasteiger partial charge in [0.05, 0.1) is 11.0 Å². The molecule has 0 saturated heterocycles. The first-order valence-electron chi connectivity index (χ1n) is 6.35. The van der Waals surface area contributed by atoms with E-state index in [4.69, 9.17) is 11.6 Å². The molecule has 0 heterocycles. The van der Waals surface area contributed by atoms with Crippen molar-refractivity contribution in [1.29, 1.82) is 0 Å². The lowest BCUT2D eigenvalue weighted by atomic mass is 10.2. The standard InChI is InChI=1S/C15H11ClF3NO2S/c16-9-2-1-3-12(13(21)8-9)14(22)20-10-4-6-11(7-5-10)23-15(17,18)19/h1-9,21H,(H,20,22). The number of aliphatic hydroxyl groups excluding tert-OH is 1. The number of anilines is 1. The molecule has 1 unspecified atom stereocenters. The summed E-state index contributed by atoms with van der Waals surface area (Å²) in [5, 5.41) is 11.8. The van der Waals surface area contributed by atoms with Crippen molar-refractivity contribution in [2.24, 2.45) is 0 Å². The fraction of sp³-hybridized carbons (Fsp3) is 0.133. The van der Waals surface area contributed by atoms with E-state index in [0.29, 0.717) is 5.69 Å². The average Bonchev–Trinajstić information content (AvgIpc) is 2.60. The average molecular weight is 362 g/mol. The molecule has 1 atom stereocenters. The number of allylic oxidation sites excluding steroid dienone is 4. The van der Waals surface area contributed by atoms with Gasteiger partial charge in [0.1, 0.15) is 5.76 Å². The molecular formula is C15H11ClF3NO2S. The Morgan fingerprint density at radius 2 is 1.91 bits per heavy atom. The Morgan fingerprint density at radius 3 is 2.52 bits per heavy atom. The second-order valence-corrected chi connectivity index (χ2v) is 6.13. The third-order valence-electron chi connectivity index (χ3n) is 2.74. The summed E-state index contributed by atoms with van der Waals surface area (Å²) in [5.74, 6) is -0.859. The topological polar surface area (TPSA) is 49.3 Å². The molecule has 0 bridgehead atoms. The van der Waals surface area contributed by atoms with Crippen molar-refractivity contribution in [3.8, 4) is 0 Å². The number of nitrogens with one attached hydrogen (secondary N) is 1. The summed E-state index contributed by atoms with van der Waals surface area (Å²) in [7, 11) is 0. The fourth-order valence-corrected chi connectivity index (χ4v) is 2.51. The summed E-state index contributed by atoms with van der Waals surface area (Å²) < 4.78 is 36.7. The number of carbonyl (C=O) groups excluding carboxylic acids is 1. The molecule has 1 aliphatic rings. The SMILES string of the molecule is O=C(Nc1ccc(SC(F)(F)F)cc1)C1=CC=CC(Cl)C=C1O. The van der Waals surface area contributed by atoms with E-state index in [9.17, 15) is 23.1 Å². The number of alkyl halides is 4. The van der Waals surface area contributed by atoms with Crippen molar-refractivity contribution >= 4 is 35.0 Å². The second kappa shape index (κ2) is 7.14. The summed E-state index contributed by atoms with van der Waals surface area (Å²) in [4.78, 5) is 12.1. The molecule has 1 aromatic rings. The Kier molecular flexibility index (Phi) is 5.43. The number of hydrogen-bond acceptors (Lipinski definition) is 3. The lowest BCUT2D eigenvalue weighted by molar-refractivity contribution is -0.112. The molecule has 0 radical (unpaired) electrons. The van der Waals surface area contributed by atoms with Crippen molar-refractivity contribution in [2.75, 3.05) is 5.32 Å². The molecule has 1 aromatic carbocycles. The van der Waals surface area contributed by atoms with Crippen LogP contribution in [0.25, 0.3) is 0 Å². The van der Waals surface area contributed by atoms with Gasteiger partial charge in [-0.05, 0) is 48.2 Å². The molecule has 23 heavy (non-hydrogen) atoms. The maximum atomic E-state index is 12.2. The largest absolute Gasteiger partial charge is 0.507 e. The lowest BCUT2D eigenvalue weighted by Crippen LogP contribution is -2.16. The van der Waals surface area contributed by atoms with Crippen LogP contribution >= 0.6 is 23.4 Å². The van der Waals surface area contributed by atoms with Crippen LogP contribution in [0.3, 0.4) is 0 Å². The van der Waals surface area contributed by atoms with Crippen LogP contribution in [0.1, 0.15) is 0 Å². The highest BCUT2D eigenvalue weighted by molar-refractivity contribution is 8.00. The summed E-state index contributed by atoms with van der Waals surface area (Å²) in [6.45, 7) is 0. The van der Waals surface area contributed by atoms with Gasteiger partial charge in [-0.25, -0.2) is 0 Å². The van der Waals surface area contributed by atoms with E-state index >= 15 is 0 Å². The van der Waals surface area contributed by atoms with Gasteiger partial charge in [0.25, 0.3) is 5.91 Å². The third-order valence-corrected chi connectivity index (χ3v) is 3.75. The zero-order valence-electron chi connectivity index (χ0n) is 11.5. The predicted molar refractivity (Wildman–Crippen MR) is 84.6 cm³/mol. The number of hydrogen-bond donors (Lipinski definition) is 2. The van der Waals surface area contributed by atoms with Gasteiger partial charge >= 0.3 is 5.51 Å². The van der Waals surface area contributed by atoms with Gasteiger partial charge in [0, 0.05) is 10.6 Å². The second-order valence-electron chi connectivity index (χ2n) is 4.49. The minimum absolute atomic E-state index is 0.0122. The van der Waals surface area contributed by atoms with Crippen molar-refractivity contribution in [3.63, 3.8) is 0 Å². The molecule has 0 aliphatic heterocycles. The number of aliphatic hydroxyl groups is 1. The van der Waals surface area contributed by atoms with Crippen LogP contribution in [0.2, 0.25) is 0 Å². The lowest BCUT2D eigenvalue weighted by Gasteiger charge is -2.09. The number of carbonyl (C=O) groups is 1. The van der Waals surface area contributed by atoms with E-state index in [-0.39, 0.29) is 28.0 Å². The summed E-state index contributed by atoms with van der Waals surface area (Å²) in [5.41, 5.74) is -4.04. The number of thioether (sulfide) groups is 1. The molecule has 0 fully saturated rings. The highest BCUT2D eigenvalue weighted by Gasteiger charge is 2.29. The van der Waals surface area contributed by atoms with Crippen molar-refractivity contribution in [2.45, 2.75) is 15.8 Å². The van der Waals surface area contributed by atoms with E-state index in [1.165, 1.54) is 42.5 Å². The van der Waals surface area contributed by atoms with Gasteiger partial charge in [0.2, 0.25) is 0 Å². The Hall–Kier alpha value is -1.86. The predicted octanol–water partition coefficient (Wildman–Crippen LogP) is 4.78. The Bertz CT molecular complexity index is 681. The molecule has 122 valence electrons. The van der Waals surface area contributed by atoms with E-state index in [2.05, 4.69) is 5.32 Å². The third kappa shape index (κ3) is 5.37. The summed E-state index contributed by atoms with van der Waals surface area (Å²) >= 11 is 5.60. The monoisotopic (exact) mass is 361 g/mol. The van der Waals surface area contributed by atoms with E-state index in [1.807, 2.05) is 0 Å². The smallest absolute Gasteiger partial charge is 0.446 e. The number of halogens is 4. The normalized spacial score (nSPS) is 18.0. The van der Waals surface area contributed by atoms with Crippen LogP contribution in [-0.4, -0.2) is 21.9 Å². The van der Waals surface area contributed by atoms with Gasteiger partial charge in [-0.3, -0.25) is 4.79 Å². The van der Waals surface area contributed by atoms with Gasteiger partial charge in [-0.1, -0.05) is 12.2 Å². The fourth-order valence-electron chi connectivity index (χ4n) is 1.77. The van der Waals surface area contributed by atoms with Crippen molar-refractivity contribution in [3.05, 3.63) is 59.9 Å². The molecule has 1 aliphatic carbocycles. The zero-order valence-corrected chi connectivity index (χ0v) is 13.0. The van der Waals surface area contributed by atoms with Crippen LogP contribution in [-0.2, 0) is 4.79 Å². The first kappa shape index (κ1) is 17.5. The maximum absolute atomic E-state index is 12.2. The van der Waals surface area contributed by atoms with Crippen LogP contribution in [0.5, 0.6) is 0 Å². The van der Waals surface area contributed by atoms with Gasteiger partial charge in [0.15, 0.2) is 0 Å². The number of benzene rings is 1. The molecule has 1 amide bonds. The molecule has 0 saturated carbocycles. The molecule has 0 aromatic heterocycles. The molecule has 2 rings (SSSR count). The maximum Gasteiger partial charge on any atom is 0.446 e. The van der Waals surface area contributed by atoms with Gasteiger partial charge in [-0.2, -0.15) is 13.2 Å². The van der Waals surface area contributed by atoms with Crippen molar-refractivity contribution < 1.29 is 23.1 Å². The van der Waals surface area contributed by atoms with Crippen LogP contribution in [0.4, 0.5) is 18.9 Å². The number of rotatable bonds is 3. The molecule has 0 spiro atoms. The molecule has 8 heteroatoms. The summed E-state index contributed by atoms with van der Waals surface area (Å²) in [6, 6.07) is 5.20. The molecular weight excluding hydrogens is 351 g/mol. The van der Waals surface area contributed by atoms with E-state index in [1.54, 1.807) is 6.08 Å². The van der Waals surface area contributed by atoms with Crippen LogP contribution < -0.4 is 5.32 Å².